The summed E-state index contributed by atoms with van der Waals surface area (Å²) in [6.45, 7) is 9.21. The molecule has 0 bridgehead atoms. The van der Waals surface area contributed by atoms with Crippen LogP contribution in [-0.2, 0) is 16.1 Å². The van der Waals surface area contributed by atoms with Crippen LogP contribution in [0.3, 0.4) is 0 Å². The molecule has 0 aliphatic heterocycles. The zero-order valence-electron chi connectivity index (χ0n) is 16.7. The minimum absolute atomic E-state index is 0.0652. The summed E-state index contributed by atoms with van der Waals surface area (Å²) in [6.07, 6.45) is 1.73. The largest absolute Gasteiger partial charge is 0.452 e. The van der Waals surface area contributed by atoms with Crippen LogP contribution in [0.5, 0.6) is 0 Å². The molecule has 150 valence electrons. The molecule has 0 fully saturated rings. The first kappa shape index (κ1) is 22.5. The standard InChI is InChI=1S/C20H31N3O4/c1-5-11-23(12-6-2)18(24)14-27-19(25)17-9-7-16(8-10-17)13-21-20(26)22-15(3)4/h7-10,15H,5-6,11-14H2,1-4H3,(H2,21,22,26). The molecule has 1 aromatic rings. The van der Waals surface area contributed by atoms with Crippen molar-refractivity contribution in [3.8, 4) is 0 Å². The van der Waals surface area contributed by atoms with Crippen molar-refractivity contribution in [2.75, 3.05) is 19.7 Å². The Balaban J connectivity index is 2.49. The van der Waals surface area contributed by atoms with Gasteiger partial charge in [-0.15, -0.1) is 0 Å². The van der Waals surface area contributed by atoms with Gasteiger partial charge in [-0.05, 0) is 44.4 Å². The maximum Gasteiger partial charge on any atom is 0.338 e. The van der Waals surface area contributed by atoms with E-state index in [0.29, 0.717) is 25.2 Å². The van der Waals surface area contributed by atoms with Gasteiger partial charge in [-0.25, -0.2) is 9.59 Å². The lowest BCUT2D eigenvalue weighted by molar-refractivity contribution is -0.134. The van der Waals surface area contributed by atoms with E-state index in [4.69, 9.17) is 4.74 Å². The van der Waals surface area contributed by atoms with Crippen molar-refractivity contribution >= 4 is 17.9 Å². The lowest BCUT2D eigenvalue weighted by Crippen LogP contribution is -2.39. The minimum Gasteiger partial charge on any atom is -0.452 e. The fourth-order valence-corrected chi connectivity index (χ4v) is 2.46. The van der Waals surface area contributed by atoms with E-state index >= 15 is 0 Å². The summed E-state index contributed by atoms with van der Waals surface area (Å²) in [7, 11) is 0. The highest BCUT2D eigenvalue weighted by atomic mass is 16.5. The molecule has 0 atom stereocenters. The number of nitrogens with one attached hydrogen (secondary N) is 2. The number of hydrogen-bond acceptors (Lipinski definition) is 4. The van der Waals surface area contributed by atoms with Crippen LogP contribution in [0.15, 0.2) is 24.3 Å². The van der Waals surface area contributed by atoms with E-state index in [2.05, 4.69) is 10.6 Å². The molecule has 7 nitrogen and oxygen atoms in total. The number of benzene rings is 1. The molecule has 7 heteroatoms. The fourth-order valence-electron chi connectivity index (χ4n) is 2.46. The maximum absolute atomic E-state index is 12.1. The molecule has 0 saturated heterocycles. The molecule has 0 aliphatic rings. The molecule has 2 N–H and O–H groups in total. The predicted octanol–water partition coefficient (Wildman–Crippen LogP) is 2.70. The summed E-state index contributed by atoms with van der Waals surface area (Å²) in [4.78, 5) is 37.5. The molecular formula is C20H31N3O4. The number of urea groups is 1. The average molecular weight is 377 g/mol. The van der Waals surface area contributed by atoms with Crippen LogP contribution < -0.4 is 10.6 Å². The van der Waals surface area contributed by atoms with Gasteiger partial charge in [-0.3, -0.25) is 4.79 Å². The van der Waals surface area contributed by atoms with Crippen LogP contribution in [0.25, 0.3) is 0 Å². The van der Waals surface area contributed by atoms with Crippen LogP contribution in [0, 0.1) is 0 Å². The Morgan fingerprint density at radius 3 is 2.15 bits per heavy atom. The van der Waals surface area contributed by atoms with Gasteiger partial charge < -0.3 is 20.3 Å². The monoisotopic (exact) mass is 377 g/mol. The molecule has 0 aliphatic carbocycles. The van der Waals surface area contributed by atoms with Gasteiger partial charge in [-0.1, -0.05) is 26.0 Å². The molecule has 0 spiro atoms. The molecule has 0 unspecified atom stereocenters. The van der Waals surface area contributed by atoms with Gasteiger partial charge in [0, 0.05) is 25.7 Å². The second kappa shape index (κ2) is 11.9. The number of hydrogen-bond donors (Lipinski definition) is 2. The maximum atomic E-state index is 12.1. The predicted molar refractivity (Wildman–Crippen MR) is 104 cm³/mol. The Labute approximate surface area is 161 Å². The van der Waals surface area contributed by atoms with Crippen molar-refractivity contribution in [2.24, 2.45) is 0 Å². The fraction of sp³-hybridized carbons (Fsp3) is 0.550. The van der Waals surface area contributed by atoms with Gasteiger partial charge in [0.2, 0.25) is 0 Å². The second-order valence-corrected chi connectivity index (χ2v) is 6.64. The van der Waals surface area contributed by atoms with Crippen LogP contribution in [0.2, 0.25) is 0 Å². The summed E-state index contributed by atoms with van der Waals surface area (Å²) in [5.41, 5.74) is 1.23. The second-order valence-electron chi connectivity index (χ2n) is 6.64. The van der Waals surface area contributed by atoms with Gasteiger partial charge in [0.15, 0.2) is 6.61 Å². The Hall–Kier alpha value is -2.57. The Morgan fingerprint density at radius 2 is 1.63 bits per heavy atom. The van der Waals surface area contributed by atoms with Gasteiger partial charge in [0.25, 0.3) is 5.91 Å². The molecule has 3 amide bonds. The van der Waals surface area contributed by atoms with E-state index < -0.39 is 5.97 Å². The van der Waals surface area contributed by atoms with Crippen molar-refractivity contribution in [3.05, 3.63) is 35.4 Å². The smallest absolute Gasteiger partial charge is 0.338 e. The number of carbonyl (C=O) groups excluding carboxylic acids is 3. The highest BCUT2D eigenvalue weighted by Gasteiger charge is 2.15. The van der Waals surface area contributed by atoms with Crippen LogP contribution in [-0.4, -0.2) is 48.5 Å². The van der Waals surface area contributed by atoms with Gasteiger partial charge in [0.1, 0.15) is 0 Å². The topological polar surface area (TPSA) is 87.7 Å². The highest BCUT2D eigenvalue weighted by Crippen LogP contribution is 2.07. The number of ether oxygens (including phenoxy) is 1. The Bertz CT molecular complexity index is 608. The quantitative estimate of drug-likeness (QED) is 0.614. The summed E-state index contributed by atoms with van der Waals surface area (Å²) >= 11 is 0. The number of nitrogens with zero attached hydrogens (tertiary/aromatic N) is 1. The van der Waals surface area contributed by atoms with Crippen molar-refractivity contribution in [1.29, 1.82) is 0 Å². The van der Waals surface area contributed by atoms with Crippen molar-refractivity contribution < 1.29 is 19.1 Å². The van der Waals surface area contributed by atoms with Crippen molar-refractivity contribution in [3.63, 3.8) is 0 Å². The highest BCUT2D eigenvalue weighted by molar-refractivity contribution is 5.91. The van der Waals surface area contributed by atoms with E-state index in [-0.39, 0.29) is 24.6 Å². The summed E-state index contributed by atoms with van der Waals surface area (Å²) in [5, 5.41) is 5.48. The normalized spacial score (nSPS) is 10.4. The molecule has 0 aromatic heterocycles. The summed E-state index contributed by atoms with van der Waals surface area (Å²) in [6, 6.07) is 6.56. The zero-order chi connectivity index (χ0) is 20.2. The third-order valence-electron chi connectivity index (χ3n) is 3.73. The first-order chi connectivity index (χ1) is 12.9. The Morgan fingerprint density at radius 1 is 1.04 bits per heavy atom. The number of esters is 1. The van der Waals surface area contributed by atoms with E-state index in [0.717, 1.165) is 18.4 Å². The van der Waals surface area contributed by atoms with Gasteiger partial charge in [-0.2, -0.15) is 0 Å². The molecular weight excluding hydrogens is 346 g/mol. The summed E-state index contributed by atoms with van der Waals surface area (Å²) in [5.74, 6) is -0.711. The van der Waals surface area contributed by atoms with Crippen LogP contribution in [0.4, 0.5) is 4.79 Å². The Kier molecular flexibility index (Phi) is 9.93. The van der Waals surface area contributed by atoms with Crippen molar-refractivity contribution in [2.45, 2.75) is 53.1 Å². The van der Waals surface area contributed by atoms with Gasteiger partial charge >= 0.3 is 12.0 Å². The number of amides is 3. The summed E-state index contributed by atoms with van der Waals surface area (Å²) < 4.78 is 5.14. The van der Waals surface area contributed by atoms with Crippen molar-refractivity contribution in [1.82, 2.24) is 15.5 Å². The molecule has 0 heterocycles. The molecule has 1 aromatic carbocycles. The van der Waals surface area contributed by atoms with Crippen LogP contribution in [0.1, 0.15) is 56.5 Å². The number of rotatable bonds is 10. The molecule has 27 heavy (non-hydrogen) atoms. The third-order valence-corrected chi connectivity index (χ3v) is 3.73. The molecule has 1 rings (SSSR count). The minimum atomic E-state index is -0.534. The number of carbonyl (C=O) groups is 3. The SMILES string of the molecule is CCCN(CCC)C(=O)COC(=O)c1ccc(CNC(=O)NC(C)C)cc1. The zero-order valence-corrected chi connectivity index (χ0v) is 16.7. The first-order valence-electron chi connectivity index (χ1n) is 9.45. The van der Waals surface area contributed by atoms with E-state index in [1.165, 1.54) is 0 Å². The van der Waals surface area contributed by atoms with E-state index in [9.17, 15) is 14.4 Å². The van der Waals surface area contributed by atoms with Gasteiger partial charge in [0.05, 0.1) is 5.56 Å². The lowest BCUT2D eigenvalue weighted by atomic mass is 10.1. The van der Waals surface area contributed by atoms with Crippen LogP contribution >= 0.6 is 0 Å². The third kappa shape index (κ3) is 8.57. The molecule has 0 radical (unpaired) electrons. The molecule has 0 saturated carbocycles. The van der Waals surface area contributed by atoms with E-state index in [1.54, 1.807) is 29.2 Å². The average Bonchev–Trinajstić information content (AvgIpc) is 2.64. The van der Waals surface area contributed by atoms with E-state index in [1.807, 2.05) is 27.7 Å². The lowest BCUT2D eigenvalue weighted by Gasteiger charge is -2.21. The first-order valence-corrected chi connectivity index (χ1v) is 9.45.